The Hall–Kier alpha value is -0.790. The number of rotatable bonds is 1. The van der Waals surface area contributed by atoms with Gasteiger partial charge in [-0.1, -0.05) is 29.3 Å². The fourth-order valence-corrected chi connectivity index (χ4v) is 2.22. The first-order valence-electron chi connectivity index (χ1n) is 4.86. The number of carbonyl (C=O) groups excluding carboxylic acids is 1. The van der Waals surface area contributed by atoms with Gasteiger partial charge in [-0.05, 0) is 36.6 Å². The predicted molar refractivity (Wildman–Crippen MR) is 63.3 cm³/mol. The van der Waals surface area contributed by atoms with E-state index in [1.165, 1.54) is 0 Å². The van der Waals surface area contributed by atoms with Gasteiger partial charge in [0.25, 0.3) is 0 Å². The summed E-state index contributed by atoms with van der Waals surface area (Å²) >= 11 is 12.0. The van der Waals surface area contributed by atoms with Crippen molar-refractivity contribution in [3.63, 3.8) is 0 Å². The van der Waals surface area contributed by atoms with Crippen molar-refractivity contribution in [2.24, 2.45) is 0 Å². The molecule has 15 heavy (non-hydrogen) atoms. The van der Waals surface area contributed by atoms with Crippen LogP contribution in [0.1, 0.15) is 24.8 Å². The van der Waals surface area contributed by atoms with Crippen LogP contribution in [0.15, 0.2) is 23.8 Å². The summed E-state index contributed by atoms with van der Waals surface area (Å²) in [6, 6.07) is 5.35. The second-order valence-corrected chi connectivity index (χ2v) is 4.40. The molecule has 1 saturated carbocycles. The summed E-state index contributed by atoms with van der Waals surface area (Å²) in [5.41, 5.74) is 1.59. The molecular weight excluding hydrogens is 231 g/mol. The molecule has 1 aromatic carbocycles. The second-order valence-electron chi connectivity index (χ2n) is 3.58. The third-order valence-corrected chi connectivity index (χ3v) is 3.19. The lowest BCUT2D eigenvalue weighted by molar-refractivity contribution is -0.114. The highest BCUT2D eigenvalue weighted by molar-refractivity contribution is 6.37. The molecule has 0 saturated heterocycles. The van der Waals surface area contributed by atoms with Gasteiger partial charge in [0.2, 0.25) is 0 Å². The van der Waals surface area contributed by atoms with Gasteiger partial charge in [0.05, 0.1) is 0 Å². The molecule has 0 atom stereocenters. The zero-order valence-corrected chi connectivity index (χ0v) is 9.61. The average Bonchev–Trinajstić information content (AvgIpc) is 2.58. The number of allylic oxidation sites excluding steroid dienone is 1. The molecule has 1 aromatic rings. The van der Waals surface area contributed by atoms with E-state index >= 15 is 0 Å². The van der Waals surface area contributed by atoms with E-state index in [-0.39, 0.29) is 5.78 Å². The van der Waals surface area contributed by atoms with E-state index in [0.29, 0.717) is 16.5 Å². The van der Waals surface area contributed by atoms with Crippen molar-refractivity contribution >= 4 is 35.1 Å². The van der Waals surface area contributed by atoms with Crippen molar-refractivity contribution in [1.29, 1.82) is 0 Å². The molecule has 0 spiro atoms. The van der Waals surface area contributed by atoms with Gasteiger partial charge >= 0.3 is 0 Å². The number of carbonyl (C=O) groups is 1. The Bertz CT molecular complexity index is 415. The molecule has 1 fully saturated rings. The van der Waals surface area contributed by atoms with E-state index in [0.717, 1.165) is 24.0 Å². The molecule has 1 aliphatic rings. The summed E-state index contributed by atoms with van der Waals surface area (Å²) in [5, 5.41) is 1.18. The molecule has 0 aliphatic heterocycles. The number of halogens is 2. The van der Waals surface area contributed by atoms with Crippen molar-refractivity contribution in [2.75, 3.05) is 0 Å². The summed E-state index contributed by atoms with van der Waals surface area (Å²) in [5.74, 6) is 0.214. The summed E-state index contributed by atoms with van der Waals surface area (Å²) < 4.78 is 0. The number of hydrogen-bond donors (Lipinski definition) is 0. The van der Waals surface area contributed by atoms with E-state index in [1.807, 2.05) is 6.08 Å². The zero-order chi connectivity index (χ0) is 10.8. The highest BCUT2D eigenvalue weighted by Gasteiger charge is 2.17. The molecule has 0 aromatic heterocycles. The molecule has 0 heterocycles. The lowest BCUT2D eigenvalue weighted by Gasteiger charge is -2.02. The van der Waals surface area contributed by atoms with Crippen LogP contribution < -0.4 is 0 Å². The van der Waals surface area contributed by atoms with Crippen LogP contribution in [0.5, 0.6) is 0 Å². The predicted octanol–water partition coefficient (Wildman–Crippen LogP) is 4.13. The Kier molecular flexibility index (Phi) is 3.13. The first-order valence-corrected chi connectivity index (χ1v) is 5.62. The normalized spacial score (nSPS) is 18.8. The van der Waals surface area contributed by atoms with Crippen LogP contribution in [0, 0.1) is 0 Å². The van der Waals surface area contributed by atoms with Crippen molar-refractivity contribution in [3.05, 3.63) is 39.4 Å². The minimum Gasteiger partial charge on any atom is -0.295 e. The minimum absolute atomic E-state index is 0.214. The number of ketones is 1. The van der Waals surface area contributed by atoms with Crippen molar-refractivity contribution in [2.45, 2.75) is 19.3 Å². The zero-order valence-electron chi connectivity index (χ0n) is 8.09. The van der Waals surface area contributed by atoms with Crippen LogP contribution in [-0.4, -0.2) is 5.78 Å². The summed E-state index contributed by atoms with van der Waals surface area (Å²) in [6.45, 7) is 0. The SMILES string of the molecule is O=C1CCC/C1=C\c1c(Cl)cccc1Cl. The average molecular weight is 241 g/mol. The van der Waals surface area contributed by atoms with Crippen molar-refractivity contribution in [3.8, 4) is 0 Å². The fraction of sp³-hybridized carbons (Fsp3) is 0.250. The Labute approximate surface area is 98.7 Å². The lowest BCUT2D eigenvalue weighted by Crippen LogP contribution is -1.91. The van der Waals surface area contributed by atoms with Gasteiger partial charge < -0.3 is 0 Å². The van der Waals surface area contributed by atoms with Gasteiger partial charge in [-0.25, -0.2) is 0 Å². The van der Waals surface area contributed by atoms with E-state index in [4.69, 9.17) is 23.2 Å². The van der Waals surface area contributed by atoms with Gasteiger partial charge in [-0.15, -0.1) is 0 Å². The van der Waals surface area contributed by atoms with E-state index in [2.05, 4.69) is 0 Å². The monoisotopic (exact) mass is 240 g/mol. The number of hydrogen-bond acceptors (Lipinski definition) is 1. The van der Waals surface area contributed by atoms with Crippen LogP contribution in [0.4, 0.5) is 0 Å². The van der Waals surface area contributed by atoms with Crippen LogP contribution in [0.3, 0.4) is 0 Å². The summed E-state index contributed by atoms with van der Waals surface area (Å²) in [6.07, 6.45) is 4.24. The Morgan fingerprint density at radius 1 is 1.13 bits per heavy atom. The van der Waals surface area contributed by atoms with Gasteiger partial charge in [-0.3, -0.25) is 4.79 Å². The third-order valence-electron chi connectivity index (χ3n) is 2.53. The van der Waals surface area contributed by atoms with Crippen LogP contribution in [-0.2, 0) is 4.79 Å². The minimum atomic E-state index is 0.214. The molecule has 0 radical (unpaired) electrons. The van der Waals surface area contributed by atoms with Gasteiger partial charge in [0.1, 0.15) is 0 Å². The first kappa shape index (κ1) is 10.7. The quantitative estimate of drug-likeness (QED) is 0.675. The topological polar surface area (TPSA) is 17.1 Å². The fourth-order valence-electron chi connectivity index (χ4n) is 1.71. The molecule has 0 unspecified atom stereocenters. The van der Waals surface area contributed by atoms with Crippen LogP contribution >= 0.6 is 23.2 Å². The second kappa shape index (κ2) is 4.38. The van der Waals surface area contributed by atoms with Crippen molar-refractivity contribution < 1.29 is 4.79 Å². The highest BCUT2D eigenvalue weighted by Crippen LogP contribution is 2.30. The number of benzene rings is 1. The maximum absolute atomic E-state index is 11.4. The number of Topliss-reactive ketones (excluding diaryl/α,β-unsaturated/α-hetero) is 1. The van der Waals surface area contributed by atoms with E-state index in [1.54, 1.807) is 18.2 Å². The Morgan fingerprint density at radius 2 is 1.80 bits per heavy atom. The molecule has 2 rings (SSSR count). The van der Waals surface area contributed by atoms with Crippen molar-refractivity contribution in [1.82, 2.24) is 0 Å². The molecule has 3 heteroatoms. The summed E-state index contributed by atoms with van der Waals surface area (Å²) in [7, 11) is 0. The third kappa shape index (κ3) is 2.24. The highest BCUT2D eigenvalue weighted by atomic mass is 35.5. The Morgan fingerprint density at radius 3 is 2.33 bits per heavy atom. The molecule has 0 amide bonds. The summed E-state index contributed by atoms with van der Waals surface area (Å²) in [4.78, 5) is 11.4. The first-order chi connectivity index (χ1) is 7.18. The van der Waals surface area contributed by atoms with E-state index < -0.39 is 0 Å². The molecular formula is C12H10Cl2O. The maximum atomic E-state index is 11.4. The smallest absolute Gasteiger partial charge is 0.158 e. The molecule has 1 nitrogen and oxygen atoms in total. The maximum Gasteiger partial charge on any atom is 0.158 e. The molecule has 0 bridgehead atoms. The van der Waals surface area contributed by atoms with E-state index in [9.17, 15) is 4.79 Å². The molecule has 78 valence electrons. The largest absolute Gasteiger partial charge is 0.295 e. The standard InChI is InChI=1S/C12H10Cl2O/c13-10-4-2-5-11(14)9(10)7-8-3-1-6-12(8)15/h2,4-5,7H,1,3,6H2/b8-7+. The lowest BCUT2D eigenvalue weighted by atomic mass is 10.1. The molecule has 0 N–H and O–H groups in total. The van der Waals surface area contributed by atoms with Crippen LogP contribution in [0.25, 0.3) is 6.08 Å². The van der Waals surface area contributed by atoms with Gasteiger partial charge in [0, 0.05) is 22.0 Å². The van der Waals surface area contributed by atoms with Crippen LogP contribution in [0.2, 0.25) is 10.0 Å². The van der Waals surface area contributed by atoms with Gasteiger partial charge in [0.15, 0.2) is 5.78 Å². The molecule has 1 aliphatic carbocycles. The Balaban J connectivity index is 2.42. The van der Waals surface area contributed by atoms with Gasteiger partial charge in [-0.2, -0.15) is 0 Å².